The zero-order chi connectivity index (χ0) is 24.0. The van der Waals surface area contributed by atoms with Gasteiger partial charge in [0, 0.05) is 24.7 Å². The number of para-hydroxylation sites is 1. The smallest absolute Gasteiger partial charge is 0.237 e. The van der Waals surface area contributed by atoms with E-state index in [0.717, 1.165) is 33.7 Å². The maximum absolute atomic E-state index is 13.2. The fourth-order valence-corrected chi connectivity index (χ4v) is 4.43. The lowest BCUT2D eigenvalue weighted by Crippen LogP contribution is -2.37. The molecule has 7 heteroatoms. The summed E-state index contributed by atoms with van der Waals surface area (Å²) in [4.78, 5) is 21.6. The van der Waals surface area contributed by atoms with Crippen molar-refractivity contribution in [2.75, 3.05) is 26.7 Å². The zero-order valence-electron chi connectivity index (χ0n) is 19.8. The van der Waals surface area contributed by atoms with Crippen LogP contribution in [-0.2, 0) is 29.2 Å². The Morgan fingerprint density at radius 3 is 2.71 bits per heavy atom. The van der Waals surface area contributed by atoms with Crippen LogP contribution in [0.4, 0.5) is 0 Å². The second-order valence-electron chi connectivity index (χ2n) is 8.80. The molecular weight excluding hydrogens is 442 g/mol. The molecule has 0 bridgehead atoms. The third kappa shape index (κ3) is 5.88. The second kappa shape index (κ2) is 10.7. The monoisotopic (exact) mass is 471 g/mol. The number of carbonyl (C=O) groups is 1. The summed E-state index contributed by atoms with van der Waals surface area (Å²) < 4.78 is 17.7. The average molecular weight is 472 g/mol. The summed E-state index contributed by atoms with van der Waals surface area (Å²) in [6, 6.07) is 23.6. The van der Waals surface area contributed by atoms with Gasteiger partial charge in [-0.15, -0.1) is 0 Å². The highest BCUT2D eigenvalue weighted by Crippen LogP contribution is 2.22. The molecule has 1 fully saturated rings. The van der Waals surface area contributed by atoms with Gasteiger partial charge in [0.05, 0.1) is 45.1 Å². The van der Waals surface area contributed by atoms with Gasteiger partial charge >= 0.3 is 0 Å². The fraction of sp³-hybridized carbons (Fsp3) is 0.286. The van der Waals surface area contributed by atoms with E-state index in [1.165, 1.54) is 0 Å². The predicted molar refractivity (Wildman–Crippen MR) is 133 cm³/mol. The first-order valence-corrected chi connectivity index (χ1v) is 11.8. The van der Waals surface area contributed by atoms with Crippen LogP contribution in [-0.4, -0.2) is 53.5 Å². The summed E-state index contributed by atoms with van der Waals surface area (Å²) in [5.41, 5.74) is 2.74. The molecule has 0 N–H and O–H groups in total. The number of carbonyl (C=O) groups excluding carboxylic acids is 1. The van der Waals surface area contributed by atoms with Gasteiger partial charge in [0.2, 0.25) is 5.91 Å². The lowest BCUT2D eigenvalue weighted by molar-refractivity contribution is -0.132. The van der Waals surface area contributed by atoms with Crippen LogP contribution in [0, 0.1) is 0 Å². The number of hydrogen-bond acceptors (Lipinski definition) is 6. The van der Waals surface area contributed by atoms with E-state index in [-0.39, 0.29) is 12.0 Å². The number of methoxy groups -OCH3 is 1. The van der Waals surface area contributed by atoms with Crippen LogP contribution in [0.5, 0.6) is 5.75 Å². The number of fused-ring (bicyclic) bond motifs is 1. The van der Waals surface area contributed by atoms with Gasteiger partial charge in [0.15, 0.2) is 0 Å². The molecule has 2 aromatic carbocycles. The lowest BCUT2D eigenvalue weighted by atomic mass is 10.2. The number of nitrogens with zero attached hydrogens (tertiary/aromatic N) is 3. The molecule has 1 amide bonds. The average Bonchev–Trinajstić information content (AvgIpc) is 3.23. The van der Waals surface area contributed by atoms with Crippen molar-refractivity contribution in [1.29, 1.82) is 0 Å². The fourth-order valence-electron chi connectivity index (χ4n) is 4.43. The third-order valence-corrected chi connectivity index (χ3v) is 6.15. The van der Waals surface area contributed by atoms with E-state index in [0.29, 0.717) is 39.3 Å². The van der Waals surface area contributed by atoms with Crippen LogP contribution in [0.15, 0.2) is 83.4 Å². The number of furan rings is 1. The largest absolute Gasteiger partial charge is 0.497 e. The topological polar surface area (TPSA) is 68.0 Å². The standard InChI is InChI=1S/C28H29N3O4/c1-33-24-10-6-7-21(13-24)20-34-26-17-30(16-25-14-22-8-2-3-11-27(22)35-25)19-28(32)31(18-26)15-23-9-4-5-12-29-23/h2-14,26H,15-20H2,1H3/t26-/m1/s1. The molecule has 1 aliphatic rings. The van der Waals surface area contributed by atoms with Crippen molar-refractivity contribution < 1.29 is 18.7 Å². The highest BCUT2D eigenvalue weighted by molar-refractivity contribution is 5.79. The first kappa shape index (κ1) is 23.1. The minimum atomic E-state index is -0.166. The number of ether oxygens (including phenoxy) is 2. The molecule has 4 aromatic rings. The van der Waals surface area contributed by atoms with Crippen LogP contribution in [0.1, 0.15) is 17.0 Å². The van der Waals surface area contributed by atoms with E-state index >= 15 is 0 Å². The molecular formula is C28H29N3O4. The van der Waals surface area contributed by atoms with E-state index in [4.69, 9.17) is 13.9 Å². The second-order valence-corrected chi connectivity index (χ2v) is 8.80. The normalized spacial score (nSPS) is 17.0. The number of pyridine rings is 1. The molecule has 0 unspecified atom stereocenters. The summed E-state index contributed by atoms with van der Waals surface area (Å²) in [5, 5.41) is 1.06. The Morgan fingerprint density at radius 1 is 1.00 bits per heavy atom. The predicted octanol–water partition coefficient (Wildman–Crippen LogP) is 4.27. The zero-order valence-corrected chi connectivity index (χ0v) is 19.8. The minimum Gasteiger partial charge on any atom is -0.497 e. The van der Waals surface area contributed by atoms with Crippen molar-refractivity contribution in [3.8, 4) is 5.75 Å². The van der Waals surface area contributed by atoms with Gasteiger partial charge < -0.3 is 18.8 Å². The van der Waals surface area contributed by atoms with Gasteiger partial charge in [-0.05, 0) is 42.0 Å². The summed E-state index contributed by atoms with van der Waals surface area (Å²) in [6.45, 7) is 2.84. The Balaban J connectivity index is 1.33. The molecule has 0 aliphatic carbocycles. The van der Waals surface area contributed by atoms with Crippen LogP contribution in [0.25, 0.3) is 11.0 Å². The number of benzene rings is 2. The number of amides is 1. The van der Waals surface area contributed by atoms with Gasteiger partial charge in [0.25, 0.3) is 0 Å². The van der Waals surface area contributed by atoms with Crippen LogP contribution in [0.3, 0.4) is 0 Å². The first-order chi connectivity index (χ1) is 17.2. The van der Waals surface area contributed by atoms with Crippen molar-refractivity contribution in [3.63, 3.8) is 0 Å². The number of rotatable bonds is 8. The highest BCUT2D eigenvalue weighted by atomic mass is 16.5. The molecule has 0 saturated carbocycles. The molecule has 1 atom stereocenters. The maximum Gasteiger partial charge on any atom is 0.237 e. The molecule has 0 radical (unpaired) electrons. The first-order valence-electron chi connectivity index (χ1n) is 11.8. The van der Waals surface area contributed by atoms with Crippen LogP contribution < -0.4 is 4.74 Å². The molecule has 7 nitrogen and oxygen atoms in total. The third-order valence-electron chi connectivity index (χ3n) is 6.15. The minimum absolute atomic E-state index is 0.0549. The Morgan fingerprint density at radius 2 is 1.89 bits per heavy atom. The molecule has 2 aromatic heterocycles. The van der Waals surface area contributed by atoms with E-state index in [9.17, 15) is 4.79 Å². The Kier molecular flexibility index (Phi) is 7.07. The van der Waals surface area contributed by atoms with Gasteiger partial charge in [-0.25, -0.2) is 0 Å². The van der Waals surface area contributed by atoms with E-state index in [1.807, 2.05) is 77.7 Å². The summed E-state index contributed by atoms with van der Waals surface area (Å²) in [5.74, 6) is 1.69. The number of aromatic nitrogens is 1. The van der Waals surface area contributed by atoms with E-state index < -0.39 is 0 Å². The molecule has 3 heterocycles. The Labute approximate surface area is 204 Å². The van der Waals surface area contributed by atoms with Crippen LogP contribution in [0.2, 0.25) is 0 Å². The van der Waals surface area contributed by atoms with Crippen molar-refractivity contribution in [2.45, 2.75) is 25.8 Å². The molecule has 0 spiro atoms. The summed E-state index contributed by atoms with van der Waals surface area (Å²) in [7, 11) is 1.66. The highest BCUT2D eigenvalue weighted by Gasteiger charge is 2.29. The maximum atomic E-state index is 13.2. The SMILES string of the molecule is COc1cccc(CO[C@@H]2CN(Cc3cc4ccccc4o3)CC(=O)N(Cc3ccccn3)C2)c1. The quantitative estimate of drug-likeness (QED) is 0.382. The molecule has 1 saturated heterocycles. The van der Waals surface area contributed by atoms with Gasteiger partial charge in [-0.3, -0.25) is 14.7 Å². The van der Waals surface area contributed by atoms with Gasteiger partial charge in [-0.2, -0.15) is 0 Å². The van der Waals surface area contributed by atoms with Crippen molar-refractivity contribution >= 4 is 16.9 Å². The molecule has 180 valence electrons. The van der Waals surface area contributed by atoms with E-state index in [1.54, 1.807) is 13.3 Å². The Bertz CT molecular complexity index is 1240. The van der Waals surface area contributed by atoms with Crippen molar-refractivity contribution in [2.24, 2.45) is 0 Å². The van der Waals surface area contributed by atoms with Gasteiger partial charge in [0.1, 0.15) is 17.1 Å². The molecule has 5 rings (SSSR count). The molecule has 35 heavy (non-hydrogen) atoms. The summed E-state index contributed by atoms with van der Waals surface area (Å²) >= 11 is 0. The van der Waals surface area contributed by atoms with Gasteiger partial charge in [-0.1, -0.05) is 36.4 Å². The number of hydrogen-bond donors (Lipinski definition) is 0. The Hall–Kier alpha value is -3.68. The molecule has 1 aliphatic heterocycles. The van der Waals surface area contributed by atoms with Crippen molar-refractivity contribution in [1.82, 2.24) is 14.8 Å². The summed E-state index contributed by atoms with van der Waals surface area (Å²) in [6.07, 6.45) is 1.59. The van der Waals surface area contributed by atoms with Crippen LogP contribution >= 0.6 is 0 Å². The van der Waals surface area contributed by atoms with E-state index in [2.05, 4.69) is 9.88 Å². The lowest BCUT2D eigenvalue weighted by Gasteiger charge is -2.24. The van der Waals surface area contributed by atoms with Crippen molar-refractivity contribution in [3.05, 3.63) is 96.0 Å².